The van der Waals surface area contributed by atoms with E-state index in [2.05, 4.69) is 14.9 Å². The van der Waals surface area contributed by atoms with E-state index in [0.29, 0.717) is 11.4 Å². The first-order valence-corrected chi connectivity index (χ1v) is 8.58. The molecule has 1 aromatic carbocycles. The van der Waals surface area contributed by atoms with Crippen LogP contribution in [0.3, 0.4) is 0 Å². The van der Waals surface area contributed by atoms with Crippen LogP contribution < -0.4 is 0 Å². The number of benzene rings is 1. The lowest BCUT2D eigenvalue weighted by Gasteiger charge is -2.19. The molecule has 0 aliphatic heterocycles. The summed E-state index contributed by atoms with van der Waals surface area (Å²) in [6, 6.07) is 6.38. The molecule has 1 saturated carbocycles. The summed E-state index contributed by atoms with van der Waals surface area (Å²) in [4.78, 5) is 0. The first-order chi connectivity index (χ1) is 12.8. The zero-order chi connectivity index (χ0) is 19.2. The minimum atomic E-state index is -4.66. The highest BCUT2D eigenvalue weighted by Gasteiger charge is 2.50. The maximum atomic E-state index is 13.2. The van der Waals surface area contributed by atoms with E-state index in [1.807, 2.05) is 11.6 Å². The maximum absolute atomic E-state index is 13.2. The molecular weight excluding hydrogens is 362 g/mol. The molecule has 8 heteroatoms. The molecule has 0 N–H and O–H groups in total. The smallest absolute Gasteiger partial charge is 0.313 e. The Morgan fingerprint density at radius 3 is 2.41 bits per heavy atom. The number of aromatic nitrogens is 3. The van der Waals surface area contributed by atoms with Crippen LogP contribution in [0.5, 0.6) is 0 Å². The van der Waals surface area contributed by atoms with Gasteiger partial charge in [0, 0.05) is 12.6 Å². The summed E-state index contributed by atoms with van der Waals surface area (Å²) in [6.45, 7) is 0. The topological polar surface area (TPSA) is 39.9 Å². The van der Waals surface area contributed by atoms with Gasteiger partial charge in [-0.25, -0.2) is 4.39 Å². The van der Waals surface area contributed by atoms with Crippen molar-refractivity contribution >= 4 is 5.57 Å². The fourth-order valence-corrected chi connectivity index (χ4v) is 3.56. The van der Waals surface area contributed by atoms with Gasteiger partial charge in [0.15, 0.2) is 5.82 Å². The SMILES string of the molecule is Cn1c(C2=CCC(OC(F)(F)F)C=C2)nnc1C1(c2ccc(F)cc2)CC1. The number of nitrogens with zero attached hydrogens (tertiary/aromatic N) is 3. The molecule has 0 radical (unpaired) electrons. The van der Waals surface area contributed by atoms with Crippen LogP contribution in [0.25, 0.3) is 5.57 Å². The Balaban J connectivity index is 1.57. The quantitative estimate of drug-likeness (QED) is 0.745. The molecule has 27 heavy (non-hydrogen) atoms. The van der Waals surface area contributed by atoms with Crippen molar-refractivity contribution in [1.82, 2.24) is 14.8 Å². The fourth-order valence-electron chi connectivity index (χ4n) is 3.56. The van der Waals surface area contributed by atoms with Gasteiger partial charge in [-0.05, 0) is 37.0 Å². The Bertz CT molecular complexity index is 908. The second-order valence-electron chi connectivity index (χ2n) is 6.85. The maximum Gasteiger partial charge on any atom is 0.523 e. The van der Waals surface area contributed by atoms with Crippen molar-refractivity contribution in [2.45, 2.75) is 37.1 Å². The van der Waals surface area contributed by atoms with Crippen molar-refractivity contribution in [3.05, 3.63) is 65.5 Å². The Morgan fingerprint density at radius 2 is 1.85 bits per heavy atom. The van der Waals surface area contributed by atoms with E-state index in [4.69, 9.17) is 0 Å². The molecule has 0 amide bonds. The van der Waals surface area contributed by atoms with Crippen LogP contribution in [0.15, 0.2) is 42.5 Å². The Labute approximate surface area is 153 Å². The van der Waals surface area contributed by atoms with Gasteiger partial charge < -0.3 is 4.57 Å². The van der Waals surface area contributed by atoms with Gasteiger partial charge in [0.05, 0.1) is 11.5 Å². The predicted octanol–water partition coefficient (Wildman–Crippen LogP) is 4.28. The van der Waals surface area contributed by atoms with Gasteiger partial charge in [-0.1, -0.05) is 30.4 Å². The highest BCUT2D eigenvalue weighted by atomic mass is 19.4. The van der Waals surface area contributed by atoms with Crippen LogP contribution >= 0.6 is 0 Å². The van der Waals surface area contributed by atoms with Crippen LogP contribution in [0.1, 0.15) is 36.5 Å². The van der Waals surface area contributed by atoms with Crippen molar-refractivity contribution in [2.24, 2.45) is 7.05 Å². The molecule has 0 saturated heterocycles. The summed E-state index contributed by atoms with van der Waals surface area (Å²) in [7, 11) is 1.83. The third-order valence-electron chi connectivity index (χ3n) is 5.05. The highest BCUT2D eigenvalue weighted by Crippen LogP contribution is 2.52. The van der Waals surface area contributed by atoms with Crippen molar-refractivity contribution in [2.75, 3.05) is 0 Å². The average Bonchev–Trinajstić information content (AvgIpc) is 3.32. The normalized spacial score (nSPS) is 21.2. The summed E-state index contributed by atoms with van der Waals surface area (Å²) in [5.41, 5.74) is 1.40. The zero-order valence-electron chi connectivity index (χ0n) is 14.5. The summed E-state index contributed by atoms with van der Waals surface area (Å²) in [5.74, 6) is 1.06. The van der Waals surface area contributed by atoms with Crippen LogP contribution in [0, 0.1) is 5.82 Å². The average molecular weight is 379 g/mol. The van der Waals surface area contributed by atoms with Crippen LogP contribution in [0.4, 0.5) is 17.6 Å². The molecular formula is C19H17F4N3O. The van der Waals surface area contributed by atoms with Gasteiger partial charge in [-0.2, -0.15) is 0 Å². The summed E-state index contributed by atoms with van der Waals surface area (Å²) in [6.07, 6.45) is 0.817. The number of allylic oxidation sites excluding steroid dienone is 2. The van der Waals surface area contributed by atoms with Crippen molar-refractivity contribution < 1.29 is 22.3 Å². The standard InChI is InChI=1S/C19H17F4N3O/c1-26-16(12-2-8-15(9-3-12)27-19(21,22)23)24-25-17(26)18(10-11-18)13-4-6-14(20)7-5-13/h2-8,15H,9-11H2,1H3. The first kappa shape index (κ1) is 17.9. The number of rotatable bonds is 4. The van der Waals surface area contributed by atoms with E-state index in [0.717, 1.165) is 24.2 Å². The molecule has 1 unspecified atom stereocenters. The first-order valence-electron chi connectivity index (χ1n) is 8.58. The van der Waals surface area contributed by atoms with Crippen molar-refractivity contribution in [3.63, 3.8) is 0 Å². The number of alkyl halides is 3. The molecule has 2 aliphatic carbocycles. The third-order valence-corrected chi connectivity index (χ3v) is 5.05. The lowest BCUT2D eigenvalue weighted by Crippen LogP contribution is -2.23. The van der Waals surface area contributed by atoms with Crippen LogP contribution in [0.2, 0.25) is 0 Å². The summed E-state index contributed by atoms with van der Waals surface area (Å²) >= 11 is 0. The van der Waals surface area contributed by atoms with Crippen LogP contribution in [-0.2, 0) is 17.2 Å². The van der Waals surface area contributed by atoms with Gasteiger partial charge >= 0.3 is 6.36 Å². The lowest BCUT2D eigenvalue weighted by atomic mass is 9.95. The third kappa shape index (κ3) is 3.41. The summed E-state index contributed by atoms with van der Waals surface area (Å²) < 4.78 is 56.1. The van der Waals surface area contributed by atoms with E-state index in [1.54, 1.807) is 24.3 Å². The van der Waals surface area contributed by atoms with Gasteiger partial charge in [0.2, 0.25) is 0 Å². The van der Waals surface area contributed by atoms with E-state index in [9.17, 15) is 17.6 Å². The molecule has 0 bridgehead atoms. The fraction of sp³-hybridized carbons (Fsp3) is 0.368. The largest absolute Gasteiger partial charge is 0.523 e. The lowest BCUT2D eigenvalue weighted by molar-refractivity contribution is -0.335. The minimum Gasteiger partial charge on any atom is -0.313 e. The molecule has 2 aromatic rings. The van der Waals surface area contributed by atoms with E-state index >= 15 is 0 Å². The molecule has 4 rings (SSSR count). The molecule has 1 aromatic heterocycles. The van der Waals surface area contributed by atoms with Gasteiger partial charge in [-0.15, -0.1) is 23.4 Å². The van der Waals surface area contributed by atoms with E-state index < -0.39 is 12.5 Å². The van der Waals surface area contributed by atoms with E-state index in [-0.39, 0.29) is 17.7 Å². The number of halogens is 4. The molecule has 1 atom stereocenters. The van der Waals surface area contributed by atoms with Gasteiger partial charge in [0.1, 0.15) is 11.6 Å². The minimum absolute atomic E-state index is 0.108. The molecule has 4 nitrogen and oxygen atoms in total. The second-order valence-corrected chi connectivity index (χ2v) is 6.85. The van der Waals surface area contributed by atoms with Gasteiger partial charge in [-0.3, -0.25) is 4.74 Å². The van der Waals surface area contributed by atoms with Crippen LogP contribution in [-0.4, -0.2) is 27.2 Å². The Kier molecular flexibility index (Phi) is 4.18. The van der Waals surface area contributed by atoms with Crippen molar-refractivity contribution in [1.29, 1.82) is 0 Å². The molecule has 1 fully saturated rings. The number of ether oxygens (including phenoxy) is 1. The Hall–Kier alpha value is -2.48. The summed E-state index contributed by atoms with van der Waals surface area (Å²) in [5, 5.41) is 8.58. The van der Waals surface area contributed by atoms with Gasteiger partial charge in [0.25, 0.3) is 0 Å². The second kappa shape index (κ2) is 6.30. The predicted molar refractivity (Wildman–Crippen MR) is 90.1 cm³/mol. The number of hydrogen-bond donors (Lipinski definition) is 0. The molecule has 142 valence electrons. The van der Waals surface area contributed by atoms with Crippen molar-refractivity contribution in [3.8, 4) is 0 Å². The van der Waals surface area contributed by atoms with E-state index in [1.165, 1.54) is 18.2 Å². The zero-order valence-corrected chi connectivity index (χ0v) is 14.5. The highest BCUT2D eigenvalue weighted by molar-refractivity contribution is 5.71. The molecule has 0 spiro atoms. The molecule has 1 heterocycles. The monoisotopic (exact) mass is 379 g/mol. The molecule has 2 aliphatic rings. The number of hydrogen-bond acceptors (Lipinski definition) is 3. The Morgan fingerprint density at radius 1 is 1.15 bits per heavy atom.